The maximum absolute atomic E-state index is 13.3. The molecule has 3 aliphatic rings. The van der Waals surface area contributed by atoms with Gasteiger partial charge in [-0.05, 0) is 56.4 Å². The van der Waals surface area contributed by atoms with E-state index in [0.29, 0.717) is 38.0 Å². The van der Waals surface area contributed by atoms with Crippen molar-refractivity contribution >= 4 is 17.4 Å². The van der Waals surface area contributed by atoms with Crippen LogP contribution in [0, 0.1) is 10.8 Å². The highest BCUT2D eigenvalue weighted by Crippen LogP contribution is 2.65. The Morgan fingerprint density at radius 3 is 2.58 bits per heavy atom. The maximum Gasteiger partial charge on any atom is 0.334 e. The monoisotopic (exact) mass is 496 g/mol. The van der Waals surface area contributed by atoms with Gasteiger partial charge in [-0.15, -0.1) is 0 Å². The van der Waals surface area contributed by atoms with E-state index in [2.05, 4.69) is 10.3 Å². The summed E-state index contributed by atoms with van der Waals surface area (Å²) in [7, 11) is 1.55. The molecule has 5 rings (SSSR count). The van der Waals surface area contributed by atoms with Crippen LogP contribution in [-0.4, -0.2) is 38.1 Å². The predicted octanol–water partition coefficient (Wildman–Crippen LogP) is 1.99. The molecular formula is C25H32N6O5. The molecule has 2 fully saturated rings. The zero-order valence-corrected chi connectivity index (χ0v) is 20.6. The summed E-state index contributed by atoms with van der Waals surface area (Å²) >= 11 is 0. The number of hydrogen-bond donors (Lipinski definition) is 4. The molecule has 0 radical (unpaired) electrons. The highest BCUT2D eigenvalue weighted by molar-refractivity contribution is 6.06. The minimum absolute atomic E-state index is 0.0364. The van der Waals surface area contributed by atoms with E-state index in [1.54, 1.807) is 13.2 Å². The molecule has 0 saturated heterocycles. The summed E-state index contributed by atoms with van der Waals surface area (Å²) < 4.78 is 7.61. The summed E-state index contributed by atoms with van der Waals surface area (Å²) in [4.78, 5) is 44.0. The van der Waals surface area contributed by atoms with E-state index in [-0.39, 0.29) is 29.5 Å². The number of nitrogen functional groups attached to an aromatic ring is 1. The van der Waals surface area contributed by atoms with Crippen molar-refractivity contribution in [2.75, 3.05) is 12.4 Å². The number of pyridine rings is 1. The number of amides is 1. The summed E-state index contributed by atoms with van der Waals surface area (Å²) in [6, 6.07) is 3.19. The van der Waals surface area contributed by atoms with Gasteiger partial charge in [0.2, 0.25) is 17.7 Å². The first-order chi connectivity index (χ1) is 17.2. The topological polar surface area (TPSA) is 165 Å². The van der Waals surface area contributed by atoms with E-state index in [1.807, 2.05) is 13.0 Å². The van der Waals surface area contributed by atoms with E-state index in [4.69, 9.17) is 15.9 Å². The minimum Gasteiger partial charge on any atom is -0.494 e. The van der Waals surface area contributed by atoms with E-state index in [0.717, 1.165) is 35.2 Å². The molecule has 192 valence electrons. The number of unbranched alkanes of at least 4 members (excludes halogenated alkanes) is 1. The van der Waals surface area contributed by atoms with Crippen LogP contribution < -0.4 is 27.0 Å². The van der Waals surface area contributed by atoms with Crippen molar-refractivity contribution in [3.63, 3.8) is 0 Å². The Hall–Kier alpha value is -3.63. The van der Waals surface area contributed by atoms with Crippen LogP contribution in [0.1, 0.15) is 75.6 Å². The highest BCUT2D eigenvalue weighted by Gasteiger charge is 2.63. The molecule has 0 atom stereocenters. The first-order valence-corrected chi connectivity index (χ1v) is 12.5. The summed E-state index contributed by atoms with van der Waals surface area (Å²) in [5, 5.41) is 21.3. The normalized spacial score (nSPS) is 26.5. The number of carbonyl (C=O) groups is 1. The third-order valence-corrected chi connectivity index (χ3v) is 8.30. The van der Waals surface area contributed by atoms with E-state index >= 15 is 0 Å². The number of methoxy groups -OCH3 is 1. The number of nitrogens with two attached hydrogens (primary N) is 1. The van der Waals surface area contributed by atoms with E-state index < -0.39 is 28.4 Å². The van der Waals surface area contributed by atoms with Gasteiger partial charge < -0.3 is 20.9 Å². The molecule has 0 unspecified atom stereocenters. The molecule has 36 heavy (non-hydrogen) atoms. The van der Waals surface area contributed by atoms with Gasteiger partial charge in [-0.3, -0.25) is 24.1 Å². The Morgan fingerprint density at radius 1 is 1.28 bits per heavy atom. The number of hydrogen-bond acceptors (Lipinski definition) is 7. The Labute approximate surface area is 207 Å². The van der Waals surface area contributed by atoms with Crippen LogP contribution in [0.2, 0.25) is 0 Å². The van der Waals surface area contributed by atoms with Crippen molar-refractivity contribution in [2.24, 2.45) is 11.1 Å². The van der Waals surface area contributed by atoms with Crippen LogP contribution in [0.4, 0.5) is 5.69 Å². The molecule has 1 amide bonds. The number of aromatic hydroxyl groups is 1. The Morgan fingerprint density at radius 2 is 1.97 bits per heavy atom. The van der Waals surface area contributed by atoms with Gasteiger partial charge in [0.05, 0.1) is 23.9 Å². The van der Waals surface area contributed by atoms with Crippen LogP contribution >= 0.6 is 0 Å². The van der Waals surface area contributed by atoms with Crippen LogP contribution in [-0.2, 0) is 16.8 Å². The van der Waals surface area contributed by atoms with Gasteiger partial charge >= 0.3 is 5.69 Å². The molecule has 2 aromatic rings. The van der Waals surface area contributed by atoms with E-state index in [9.17, 15) is 19.5 Å². The highest BCUT2D eigenvalue weighted by atomic mass is 16.5. The van der Waals surface area contributed by atoms with Crippen molar-refractivity contribution < 1.29 is 14.6 Å². The lowest BCUT2D eigenvalue weighted by atomic mass is 9.47. The zero-order chi connectivity index (χ0) is 25.8. The number of rotatable bonds is 6. The largest absolute Gasteiger partial charge is 0.494 e. The number of nitrogens with one attached hydrogen (secondary N) is 2. The van der Waals surface area contributed by atoms with Crippen LogP contribution in [0.25, 0.3) is 0 Å². The molecule has 3 heterocycles. The van der Waals surface area contributed by atoms with Crippen molar-refractivity contribution in [3.05, 3.63) is 44.2 Å². The molecule has 11 nitrogen and oxygen atoms in total. The lowest BCUT2D eigenvalue weighted by Crippen LogP contribution is -2.56. The Bertz CT molecular complexity index is 1360. The average molecular weight is 497 g/mol. The Kier molecular flexibility index (Phi) is 5.68. The molecule has 11 heteroatoms. The second kappa shape index (κ2) is 8.49. The van der Waals surface area contributed by atoms with Gasteiger partial charge in [0.1, 0.15) is 11.4 Å². The van der Waals surface area contributed by atoms with Gasteiger partial charge in [0, 0.05) is 18.7 Å². The number of ether oxygens (including phenoxy) is 1. The van der Waals surface area contributed by atoms with Gasteiger partial charge in [-0.2, -0.15) is 0 Å². The number of aromatic nitrogens is 3. The number of amidine groups is 1. The number of fused-ring (bicyclic) bond motifs is 2. The van der Waals surface area contributed by atoms with Crippen LogP contribution in [0.15, 0.2) is 21.7 Å². The fourth-order valence-corrected chi connectivity index (χ4v) is 6.49. The second-order valence-corrected chi connectivity index (χ2v) is 10.4. The SMILES string of the molecule is CCCCn1c(O)c(C(=N)N)c(=O)n(C2CCC3(CC2)CC2(C3)C(=O)Nc3ccc(OC)nc32)c1=O. The molecule has 0 aromatic carbocycles. The average Bonchev–Trinajstić information content (AvgIpc) is 3.10. The van der Waals surface area contributed by atoms with Gasteiger partial charge in [0.25, 0.3) is 5.56 Å². The summed E-state index contributed by atoms with van der Waals surface area (Å²) in [6.07, 6.45) is 5.44. The summed E-state index contributed by atoms with van der Waals surface area (Å²) in [5.41, 5.74) is 4.74. The number of anilines is 1. The molecular weight excluding hydrogens is 464 g/mol. The fraction of sp³-hybridized carbons (Fsp3) is 0.560. The zero-order valence-electron chi connectivity index (χ0n) is 20.6. The van der Waals surface area contributed by atoms with Crippen molar-refractivity contribution in [2.45, 2.75) is 76.3 Å². The smallest absolute Gasteiger partial charge is 0.334 e. The third-order valence-electron chi connectivity index (χ3n) is 8.30. The lowest BCUT2D eigenvalue weighted by molar-refractivity contribution is -0.132. The van der Waals surface area contributed by atoms with Gasteiger partial charge in [-0.1, -0.05) is 13.3 Å². The first-order valence-electron chi connectivity index (χ1n) is 12.5. The molecule has 0 bridgehead atoms. The van der Waals surface area contributed by atoms with Crippen molar-refractivity contribution in [1.29, 1.82) is 5.41 Å². The third kappa shape index (κ3) is 3.43. The minimum atomic E-state index is -0.718. The molecule has 1 aliphatic heterocycles. The molecule has 2 aliphatic carbocycles. The quantitative estimate of drug-likeness (QED) is 0.351. The summed E-state index contributed by atoms with van der Waals surface area (Å²) in [5.74, 6) is -0.657. The standard InChI is InChI=1S/C25H32N6O5/c1-3-4-11-30-20(32)17(19(26)27)21(33)31(23(30)35)14-7-9-24(10-8-14)12-25(13-24)18-15(28-22(25)34)5-6-16(29-18)36-2/h5-6,14,32H,3-4,7-13H2,1-2H3,(H3,26,27)(H,28,34). The predicted molar refractivity (Wildman–Crippen MR) is 133 cm³/mol. The Balaban J connectivity index is 1.40. The first kappa shape index (κ1) is 24.1. The molecule has 2 aromatic heterocycles. The molecule has 2 spiro atoms. The second-order valence-electron chi connectivity index (χ2n) is 10.4. The lowest BCUT2D eigenvalue weighted by Gasteiger charge is -2.56. The number of carbonyl (C=O) groups excluding carboxylic acids is 1. The van der Waals surface area contributed by atoms with E-state index in [1.165, 1.54) is 4.57 Å². The van der Waals surface area contributed by atoms with Crippen molar-refractivity contribution in [3.8, 4) is 11.8 Å². The van der Waals surface area contributed by atoms with Crippen LogP contribution in [0.3, 0.4) is 0 Å². The fourth-order valence-electron chi connectivity index (χ4n) is 6.49. The number of nitrogens with zero attached hydrogens (tertiary/aromatic N) is 3. The van der Waals surface area contributed by atoms with Crippen LogP contribution in [0.5, 0.6) is 11.8 Å². The van der Waals surface area contributed by atoms with Gasteiger partial charge in [-0.25, -0.2) is 9.78 Å². The van der Waals surface area contributed by atoms with Crippen molar-refractivity contribution in [1.82, 2.24) is 14.1 Å². The van der Waals surface area contributed by atoms with Gasteiger partial charge in [0.15, 0.2) is 0 Å². The maximum atomic E-state index is 13.3. The molecule has 2 saturated carbocycles. The summed E-state index contributed by atoms with van der Waals surface area (Å²) in [6.45, 7) is 2.20. The molecule has 5 N–H and O–H groups in total.